The highest BCUT2D eigenvalue weighted by Crippen LogP contribution is 2.54. The summed E-state index contributed by atoms with van der Waals surface area (Å²) >= 11 is 0. The van der Waals surface area contributed by atoms with Crippen molar-refractivity contribution < 1.29 is 63.8 Å². The summed E-state index contributed by atoms with van der Waals surface area (Å²) in [6.45, 7) is 41.0. The molecule has 103 heavy (non-hydrogen) atoms. The van der Waals surface area contributed by atoms with Gasteiger partial charge in [0.25, 0.3) is 0 Å². The van der Waals surface area contributed by atoms with Gasteiger partial charge in [0.05, 0.1) is 5.60 Å². The van der Waals surface area contributed by atoms with E-state index in [4.69, 9.17) is 97.2 Å². The van der Waals surface area contributed by atoms with Crippen molar-refractivity contribution in [2.45, 2.75) is 282 Å². The Hall–Kier alpha value is -5.42. The van der Waals surface area contributed by atoms with Gasteiger partial charge in [0.15, 0.2) is 36.6 Å². The number of allylic oxidation sites excluding steroid dienone is 7. The molecule has 0 spiro atoms. The van der Waals surface area contributed by atoms with Crippen LogP contribution in [-0.4, -0.2) is 47.3 Å². The van der Waals surface area contributed by atoms with Crippen molar-refractivity contribution in [1.29, 1.82) is 0 Å². The molecule has 12 rings (SSSR count). The van der Waals surface area contributed by atoms with Crippen molar-refractivity contribution in [3.05, 3.63) is 58.7 Å². The van der Waals surface area contributed by atoms with Crippen molar-refractivity contribution in [1.82, 2.24) is 0 Å². The van der Waals surface area contributed by atoms with E-state index in [9.17, 15) is 5.11 Å². The third-order valence-corrected chi connectivity index (χ3v) is 26.7. The zero-order chi connectivity index (χ0) is 75.4. The van der Waals surface area contributed by atoms with Crippen LogP contribution >= 0.6 is 0 Å². The molecule has 0 bridgehead atoms. The van der Waals surface area contributed by atoms with Crippen molar-refractivity contribution in [2.75, 3.05) is 0 Å². The summed E-state index contributed by atoms with van der Waals surface area (Å²) in [4.78, 5) is 60.9. The van der Waals surface area contributed by atoms with Crippen LogP contribution in [0.5, 0.6) is 0 Å². The summed E-state index contributed by atoms with van der Waals surface area (Å²) in [6, 6.07) is 0. The molecule has 32 unspecified atom stereocenters. The molecule has 0 amide bonds. The lowest BCUT2D eigenvalue weighted by molar-refractivity contribution is -0.320. The third kappa shape index (κ3) is 23.1. The van der Waals surface area contributed by atoms with E-state index in [1.54, 1.807) is 11.1 Å². The van der Waals surface area contributed by atoms with E-state index in [0.717, 1.165) is 87.4 Å². The maximum Gasteiger partial charge on any atom is 0.153 e. The minimum atomic E-state index is -0.605. The highest BCUT2D eigenvalue weighted by Gasteiger charge is 2.54. The molecule has 0 aromatic rings. The van der Waals surface area contributed by atoms with Crippen molar-refractivity contribution in [3.8, 4) is 75.2 Å². The third-order valence-electron chi connectivity index (χ3n) is 26.7. The summed E-state index contributed by atoms with van der Waals surface area (Å²) in [5, 5.41) is 10.9. The van der Waals surface area contributed by atoms with Gasteiger partial charge in [0.2, 0.25) is 0 Å². The summed E-state index contributed by atoms with van der Waals surface area (Å²) < 4.78 is 0. The first kappa shape index (κ1) is 84.8. The maximum absolute atomic E-state index is 10.9. The number of fused-ring (bicyclic) bond motifs is 6. The van der Waals surface area contributed by atoms with E-state index in [2.05, 4.69) is 198 Å². The van der Waals surface area contributed by atoms with Gasteiger partial charge in [0.1, 0.15) is 36.6 Å². The van der Waals surface area contributed by atoms with Crippen LogP contribution in [0.4, 0.5) is 0 Å². The molecule has 32 atom stereocenters. The second-order valence-corrected chi connectivity index (χ2v) is 35.4. The molecule has 0 heterocycles. The lowest BCUT2D eigenvalue weighted by Gasteiger charge is -2.53. The first-order valence-corrected chi connectivity index (χ1v) is 40.0. The highest BCUT2D eigenvalue weighted by molar-refractivity contribution is 5.31. The highest BCUT2D eigenvalue weighted by atomic mass is 17.2. The number of hydrogen-bond donors (Lipinski definition) is 1. The SMILES string of the molecule is C#COOC1CC(C)C=C2C=CC(C)C(C)C21.C#COOC1CC(C)C=C2CCC(C)C(C)C21.C#COOC1CC(C)CC2(O)CCC(C)C(C)C12.C#COOC1CC(C)CC2=CC(C)CC(C)C21.C#COOC1CC(C)CC2C=C(C)CC(C)C21.C#COOC1CC(C)CC2CC(C)CC(C)C21. The predicted octanol–water partition coefficient (Wildman–Crippen LogP) is 20.3. The molecule has 13 heteroatoms. The average molecular weight is 1420 g/mol. The number of aliphatic hydroxyl groups is 1. The van der Waals surface area contributed by atoms with Crippen LogP contribution in [0.15, 0.2) is 58.7 Å². The molecule has 0 aliphatic heterocycles. The Labute approximate surface area is 624 Å². The normalized spacial score (nSPS) is 42.9. The quantitative estimate of drug-likeness (QED) is 0.0862. The van der Waals surface area contributed by atoms with Gasteiger partial charge in [-0.15, -0.1) is 0 Å². The smallest absolute Gasteiger partial charge is 0.153 e. The fourth-order valence-corrected chi connectivity index (χ4v) is 22.3. The molecule has 13 nitrogen and oxygen atoms in total. The predicted molar refractivity (Wildman–Crippen MR) is 408 cm³/mol. The van der Waals surface area contributed by atoms with E-state index >= 15 is 0 Å². The van der Waals surface area contributed by atoms with E-state index in [-0.39, 0.29) is 42.5 Å². The van der Waals surface area contributed by atoms with Gasteiger partial charge in [-0.25, -0.2) is 0 Å². The van der Waals surface area contributed by atoms with Crippen LogP contribution in [-0.2, 0) is 58.7 Å². The van der Waals surface area contributed by atoms with Gasteiger partial charge in [0, 0.05) is 23.7 Å². The number of terminal acetylenes is 6. The first-order chi connectivity index (χ1) is 49.1. The van der Waals surface area contributed by atoms with Gasteiger partial charge in [-0.2, -0.15) is 29.3 Å². The summed E-state index contributed by atoms with van der Waals surface area (Å²) in [7, 11) is 0. The minimum absolute atomic E-state index is 0.0726. The Balaban J connectivity index is 0.000000173. The molecule has 1 N–H and O–H groups in total. The number of hydrogen-bond acceptors (Lipinski definition) is 13. The van der Waals surface area contributed by atoms with Crippen LogP contribution in [0.25, 0.3) is 0 Å². The Morgan fingerprint density at radius 2 is 0.874 bits per heavy atom. The Bertz CT molecular complexity index is 3060. The van der Waals surface area contributed by atoms with Crippen molar-refractivity contribution in [3.63, 3.8) is 0 Å². The van der Waals surface area contributed by atoms with E-state index < -0.39 is 5.60 Å². The second kappa shape index (κ2) is 40.5. The van der Waals surface area contributed by atoms with Gasteiger partial charge >= 0.3 is 0 Å². The topological polar surface area (TPSA) is 131 Å². The number of rotatable bonds is 12. The van der Waals surface area contributed by atoms with Crippen LogP contribution < -0.4 is 0 Å². The summed E-state index contributed by atoms with van der Waals surface area (Å²) in [6.07, 6.45) is 78.2. The maximum atomic E-state index is 10.9. The molecule has 0 radical (unpaired) electrons. The lowest BCUT2D eigenvalue weighted by atomic mass is 9.57. The van der Waals surface area contributed by atoms with Gasteiger partial charge in [-0.1, -0.05) is 209 Å². The van der Waals surface area contributed by atoms with Crippen LogP contribution in [0.1, 0.15) is 240 Å². The first-order valence-electron chi connectivity index (χ1n) is 40.0. The lowest BCUT2D eigenvalue weighted by Crippen LogP contribution is -2.57. The Morgan fingerprint density at radius 3 is 1.47 bits per heavy atom. The molecular weight excluding hydrogens is 1290 g/mol. The zero-order valence-electron chi connectivity index (χ0n) is 66.4. The van der Waals surface area contributed by atoms with Gasteiger partial charge < -0.3 is 5.11 Å². The fourth-order valence-electron chi connectivity index (χ4n) is 22.3. The summed E-state index contributed by atoms with van der Waals surface area (Å²) in [5.74, 6) is 14.9. The molecular formula is C90H134O13. The molecule has 12 aliphatic rings. The van der Waals surface area contributed by atoms with Crippen molar-refractivity contribution in [2.24, 2.45) is 148 Å². The standard InChI is InChI=1S/C15H24O3.C15H24O2.3C15H22O2.C15H20O2/c1-5-17-18-13-8-10(2)9-15(16)7-6-11(3)12(4)14(13)15;3*1-5-16-17-14-9-11(3)8-13-7-10(2)6-12(4)15(13)14;2*1-5-16-17-14-9-10(2)8-13-7-6-11(3)12(4)15(13)14/h1,10-14,16H,6-9H2,2-4H3;1,10-15H,6-9H2,2-4H3;1,7,11-15H,6,8-9H2,2-4H3;1,7,10-12,14-15H,6,8-9H2,2-4H3;1,8,10-12,14-15H,6-7,9H2,2-4H3;1,6-8,10-12,14-15H,9H2,2-4H3. The average Bonchev–Trinajstić information content (AvgIpc) is 0.763. The molecule has 12 aliphatic carbocycles. The van der Waals surface area contributed by atoms with Gasteiger partial charge in [-0.05, 0) is 252 Å². The monoisotopic (exact) mass is 1420 g/mol. The van der Waals surface area contributed by atoms with Crippen LogP contribution in [0, 0.1) is 223 Å². The summed E-state index contributed by atoms with van der Waals surface area (Å²) in [5.41, 5.74) is 5.40. The molecule has 7 fully saturated rings. The second-order valence-electron chi connectivity index (χ2n) is 35.4. The zero-order valence-corrected chi connectivity index (χ0v) is 66.4. The van der Waals surface area contributed by atoms with Crippen LogP contribution in [0.2, 0.25) is 0 Å². The van der Waals surface area contributed by atoms with Gasteiger partial charge in [-0.3, -0.25) is 29.3 Å². The van der Waals surface area contributed by atoms with E-state index in [1.807, 2.05) is 0 Å². The fraction of sp³-hybridized carbons (Fsp3) is 0.756. The van der Waals surface area contributed by atoms with Crippen molar-refractivity contribution >= 4 is 0 Å². The molecule has 7 saturated carbocycles. The molecule has 0 aromatic heterocycles. The molecule has 0 aromatic carbocycles. The van der Waals surface area contributed by atoms with Crippen LogP contribution in [0.3, 0.4) is 0 Å². The molecule has 572 valence electrons. The Kier molecular flexibility index (Phi) is 33.4. The van der Waals surface area contributed by atoms with E-state index in [1.165, 1.54) is 68.9 Å². The largest absolute Gasteiger partial charge is 0.389 e. The molecule has 0 saturated heterocycles. The Morgan fingerprint density at radius 1 is 0.398 bits per heavy atom. The minimum Gasteiger partial charge on any atom is -0.389 e. The van der Waals surface area contributed by atoms with E-state index in [0.29, 0.717) is 112 Å².